The van der Waals surface area contributed by atoms with Gasteiger partial charge >= 0.3 is 0 Å². The lowest BCUT2D eigenvalue weighted by atomic mass is 10.2. The fraction of sp³-hybridized carbons (Fsp3) is 0.364. The Morgan fingerprint density at radius 3 is 2.39 bits per heavy atom. The summed E-state index contributed by atoms with van der Waals surface area (Å²) >= 11 is 0. The number of hydrogen-bond donors (Lipinski definition) is 1. The third kappa shape index (κ3) is 4.21. The molecule has 3 aromatic rings. The van der Waals surface area contributed by atoms with Gasteiger partial charge in [-0.05, 0) is 38.1 Å². The quantitative estimate of drug-likeness (QED) is 0.578. The Labute approximate surface area is 192 Å². The molecule has 10 nitrogen and oxygen atoms in total. The summed E-state index contributed by atoms with van der Waals surface area (Å²) < 4.78 is 36.2. The summed E-state index contributed by atoms with van der Waals surface area (Å²) in [6.07, 6.45) is 2.99. The Balaban J connectivity index is 1.46. The highest BCUT2D eigenvalue weighted by atomic mass is 32.2. The molecule has 2 amide bonds. The fourth-order valence-corrected chi connectivity index (χ4v) is 5.68. The van der Waals surface area contributed by atoms with E-state index in [1.165, 1.54) is 21.1 Å². The van der Waals surface area contributed by atoms with Crippen molar-refractivity contribution in [2.75, 3.05) is 26.2 Å². The number of piperazine rings is 1. The van der Waals surface area contributed by atoms with E-state index in [9.17, 15) is 18.0 Å². The highest BCUT2D eigenvalue weighted by molar-refractivity contribution is 7.89. The van der Waals surface area contributed by atoms with Crippen molar-refractivity contribution in [3.63, 3.8) is 0 Å². The normalized spacial score (nSPS) is 15.2. The van der Waals surface area contributed by atoms with E-state index in [1.807, 2.05) is 36.6 Å². The van der Waals surface area contributed by atoms with E-state index < -0.39 is 15.9 Å². The fourth-order valence-electron chi connectivity index (χ4n) is 4.19. The molecular weight excluding hydrogens is 446 g/mol. The van der Waals surface area contributed by atoms with Crippen LogP contribution in [0.5, 0.6) is 0 Å². The second kappa shape index (κ2) is 8.56. The number of hydrogen-bond acceptors (Lipinski definition) is 5. The van der Waals surface area contributed by atoms with Gasteiger partial charge in [0.1, 0.15) is 16.3 Å². The first-order valence-electron chi connectivity index (χ1n) is 10.5. The lowest BCUT2D eigenvalue weighted by molar-refractivity contribution is 0.0697. The first kappa shape index (κ1) is 22.9. The van der Waals surface area contributed by atoms with Gasteiger partial charge < -0.3 is 24.2 Å². The number of rotatable bonds is 6. The second-order valence-electron chi connectivity index (χ2n) is 8.18. The van der Waals surface area contributed by atoms with E-state index in [1.54, 1.807) is 18.2 Å². The molecule has 0 radical (unpaired) electrons. The van der Waals surface area contributed by atoms with Gasteiger partial charge in [-0.25, -0.2) is 8.42 Å². The number of primary amides is 1. The molecule has 1 fully saturated rings. The average Bonchev–Trinajstić information content (AvgIpc) is 3.50. The van der Waals surface area contributed by atoms with Crippen LogP contribution in [-0.4, -0.2) is 64.8 Å². The highest BCUT2D eigenvalue weighted by Crippen LogP contribution is 2.23. The van der Waals surface area contributed by atoms with E-state index in [-0.39, 0.29) is 42.7 Å². The minimum Gasteiger partial charge on any atom is -0.467 e. The Morgan fingerprint density at radius 1 is 1.12 bits per heavy atom. The summed E-state index contributed by atoms with van der Waals surface area (Å²) in [5.74, 6) is -0.0180. The summed E-state index contributed by atoms with van der Waals surface area (Å²) in [6.45, 7) is 5.26. The summed E-state index contributed by atoms with van der Waals surface area (Å²) in [5.41, 5.74) is 7.81. The zero-order valence-electron chi connectivity index (χ0n) is 18.8. The number of carbonyl (C=O) groups is 2. The molecule has 3 aromatic heterocycles. The molecule has 0 atom stereocenters. The summed E-state index contributed by atoms with van der Waals surface area (Å²) in [6, 6.07) is 6.86. The maximum absolute atomic E-state index is 13.2. The van der Waals surface area contributed by atoms with Crippen molar-refractivity contribution in [3.05, 3.63) is 65.1 Å². The number of nitrogens with two attached hydrogens (primary N) is 1. The molecule has 0 aliphatic carbocycles. The van der Waals surface area contributed by atoms with Gasteiger partial charge in [-0.2, -0.15) is 4.31 Å². The molecule has 0 aromatic carbocycles. The van der Waals surface area contributed by atoms with E-state index in [2.05, 4.69) is 0 Å². The number of amides is 2. The van der Waals surface area contributed by atoms with Crippen LogP contribution < -0.4 is 5.73 Å². The Hall–Kier alpha value is -3.31. The van der Waals surface area contributed by atoms with E-state index in [4.69, 9.17) is 10.2 Å². The summed E-state index contributed by atoms with van der Waals surface area (Å²) in [5, 5.41) is 0. The van der Waals surface area contributed by atoms with Crippen molar-refractivity contribution in [2.24, 2.45) is 12.8 Å². The van der Waals surface area contributed by atoms with Crippen LogP contribution in [0.15, 0.2) is 46.0 Å². The summed E-state index contributed by atoms with van der Waals surface area (Å²) in [4.78, 5) is 26.4. The van der Waals surface area contributed by atoms with E-state index in [0.717, 1.165) is 17.1 Å². The molecule has 0 spiro atoms. The van der Waals surface area contributed by atoms with Gasteiger partial charge in [0.2, 0.25) is 10.0 Å². The first-order chi connectivity index (χ1) is 15.6. The van der Waals surface area contributed by atoms with Crippen LogP contribution in [-0.2, 0) is 23.6 Å². The van der Waals surface area contributed by atoms with Crippen LogP contribution in [0.1, 0.15) is 38.0 Å². The highest BCUT2D eigenvalue weighted by Gasteiger charge is 2.32. The number of aromatic nitrogens is 2. The van der Waals surface area contributed by atoms with Crippen molar-refractivity contribution in [1.29, 1.82) is 0 Å². The van der Waals surface area contributed by atoms with Crippen LogP contribution >= 0.6 is 0 Å². The Kier molecular flexibility index (Phi) is 5.93. The van der Waals surface area contributed by atoms with Crippen LogP contribution in [0.25, 0.3) is 0 Å². The molecule has 4 heterocycles. The minimum atomic E-state index is -3.80. The molecule has 1 aliphatic rings. The average molecular weight is 474 g/mol. The molecule has 0 saturated carbocycles. The van der Waals surface area contributed by atoms with Crippen LogP contribution in [0, 0.1) is 13.8 Å². The molecule has 0 bridgehead atoms. The Morgan fingerprint density at radius 2 is 1.82 bits per heavy atom. The number of carbonyl (C=O) groups excluding carboxylic acids is 2. The van der Waals surface area contributed by atoms with Crippen molar-refractivity contribution in [3.8, 4) is 0 Å². The largest absolute Gasteiger partial charge is 0.467 e. The molecule has 2 N–H and O–H groups in total. The lowest BCUT2D eigenvalue weighted by Gasteiger charge is -2.33. The Bertz CT molecular complexity index is 1300. The monoisotopic (exact) mass is 473 g/mol. The van der Waals surface area contributed by atoms with E-state index in [0.29, 0.717) is 12.1 Å². The van der Waals surface area contributed by atoms with Gasteiger partial charge in [0, 0.05) is 50.8 Å². The topological polar surface area (TPSA) is 124 Å². The van der Waals surface area contributed by atoms with Crippen molar-refractivity contribution >= 4 is 21.8 Å². The molecule has 176 valence electrons. The SMILES string of the molecule is Cc1cc(C(=O)N2CCN(S(=O)(=O)c3cc(C(N)=O)n(C)c3)CC2)c(C)n1Cc1ccco1. The molecule has 1 saturated heterocycles. The van der Waals surface area contributed by atoms with Gasteiger partial charge in [0.15, 0.2) is 0 Å². The number of nitrogens with zero attached hydrogens (tertiary/aromatic N) is 4. The molecule has 4 rings (SSSR count). The van der Waals surface area contributed by atoms with Gasteiger partial charge in [-0.15, -0.1) is 0 Å². The third-order valence-electron chi connectivity index (χ3n) is 6.09. The van der Waals surface area contributed by atoms with Crippen molar-refractivity contribution < 1.29 is 22.4 Å². The molecule has 11 heteroatoms. The zero-order chi connectivity index (χ0) is 23.9. The minimum absolute atomic E-state index is 0.0139. The number of sulfonamides is 1. The second-order valence-corrected chi connectivity index (χ2v) is 10.1. The van der Waals surface area contributed by atoms with Crippen molar-refractivity contribution in [1.82, 2.24) is 18.3 Å². The first-order valence-corrected chi connectivity index (χ1v) is 12.0. The zero-order valence-corrected chi connectivity index (χ0v) is 19.6. The van der Waals surface area contributed by atoms with Gasteiger partial charge in [-0.3, -0.25) is 9.59 Å². The van der Waals surface area contributed by atoms with Crippen LogP contribution in [0.2, 0.25) is 0 Å². The van der Waals surface area contributed by atoms with Crippen molar-refractivity contribution in [2.45, 2.75) is 25.3 Å². The van der Waals surface area contributed by atoms with Gasteiger partial charge in [-0.1, -0.05) is 0 Å². The molecular formula is C22H27N5O5S. The predicted octanol–water partition coefficient (Wildman–Crippen LogP) is 1.33. The van der Waals surface area contributed by atoms with Crippen LogP contribution in [0.3, 0.4) is 0 Å². The predicted molar refractivity (Wildman–Crippen MR) is 120 cm³/mol. The lowest BCUT2D eigenvalue weighted by Crippen LogP contribution is -2.50. The maximum Gasteiger partial charge on any atom is 0.265 e. The van der Waals surface area contributed by atoms with Crippen LogP contribution in [0.4, 0.5) is 0 Å². The molecule has 33 heavy (non-hydrogen) atoms. The summed E-state index contributed by atoms with van der Waals surface area (Å²) in [7, 11) is -2.23. The number of furan rings is 1. The van der Waals surface area contributed by atoms with E-state index >= 15 is 0 Å². The molecule has 0 unspecified atom stereocenters. The smallest absolute Gasteiger partial charge is 0.265 e. The standard InChI is InChI=1S/C22H27N5O5S/c1-15-11-19(16(2)27(15)13-17-5-4-10-32-17)22(29)25-6-8-26(9-7-25)33(30,31)18-12-20(21(23)28)24(3)14-18/h4-5,10-12,14H,6-9,13H2,1-3H3,(H2,23,28). The molecule has 1 aliphatic heterocycles. The third-order valence-corrected chi connectivity index (χ3v) is 7.96. The maximum atomic E-state index is 13.2. The van der Waals surface area contributed by atoms with Gasteiger partial charge in [0.25, 0.3) is 11.8 Å². The van der Waals surface area contributed by atoms with Gasteiger partial charge in [0.05, 0.1) is 18.4 Å². The number of aryl methyl sites for hydroxylation is 2.